The number of pyridine rings is 1. The Bertz CT molecular complexity index is 1100. The van der Waals surface area contributed by atoms with Crippen LogP contribution in [0.1, 0.15) is 15.9 Å². The Labute approximate surface area is 164 Å². The standard InChI is InChI=1S/C19H14ClN3O5/c1-11-5-4-8-15(23(26)27)18(11)22-17(24)10-28-19(25)13-9-16(20)21-14-7-3-2-6-12(13)14/h2-9H,10H2,1H3,(H,22,24). The third-order valence-electron chi connectivity index (χ3n) is 3.95. The van der Waals surface area contributed by atoms with Crippen LogP contribution in [0.5, 0.6) is 0 Å². The minimum Gasteiger partial charge on any atom is -0.452 e. The molecule has 28 heavy (non-hydrogen) atoms. The Hall–Kier alpha value is -3.52. The lowest BCUT2D eigenvalue weighted by Gasteiger charge is -2.10. The number of anilines is 1. The minimum atomic E-state index is -0.755. The first-order valence-corrected chi connectivity index (χ1v) is 8.51. The molecule has 1 heterocycles. The number of fused-ring (bicyclic) bond motifs is 1. The number of ether oxygens (including phenoxy) is 1. The highest BCUT2D eigenvalue weighted by Gasteiger charge is 2.19. The maximum Gasteiger partial charge on any atom is 0.339 e. The first kappa shape index (κ1) is 19.2. The average Bonchev–Trinajstić information content (AvgIpc) is 2.66. The van der Waals surface area contributed by atoms with Gasteiger partial charge in [-0.1, -0.05) is 41.9 Å². The molecule has 3 aromatic rings. The molecule has 1 aromatic heterocycles. The van der Waals surface area contributed by atoms with Crippen LogP contribution in [0.3, 0.4) is 0 Å². The van der Waals surface area contributed by atoms with Crippen molar-refractivity contribution in [1.29, 1.82) is 0 Å². The normalized spacial score (nSPS) is 10.5. The van der Waals surface area contributed by atoms with Gasteiger partial charge in [0.25, 0.3) is 11.6 Å². The summed E-state index contributed by atoms with van der Waals surface area (Å²) >= 11 is 5.94. The number of nitro groups is 1. The monoisotopic (exact) mass is 399 g/mol. The summed E-state index contributed by atoms with van der Waals surface area (Å²) in [4.78, 5) is 39.2. The Kier molecular flexibility index (Phi) is 5.51. The number of hydrogen-bond acceptors (Lipinski definition) is 6. The summed E-state index contributed by atoms with van der Waals surface area (Å²) in [6, 6.07) is 12.6. The highest BCUT2D eigenvalue weighted by molar-refractivity contribution is 6.30. The SMILES string of the molecule is Cc1cccc([N+](=O)[O-])c1NC(=O)COC(=O)c1cc(Cl)nc2ccccc12. The number of halogens is 1. The van der Waals surface area contributed by atoms with Crippen molar-refractivity contribution < 1.29 is 19.2 Å². The van der Waals surface area contributed by atoms with Crippen molar-refractivity contribution in [3.8, 4) is 0 Å². The van der Waals surface area contributed by atoms with E-state index in [9.17, 15) is 19.7 Å². The van der Waals surface area contributed by atoms with Crippen LogP contribution in [0.15, 0.2) is 48.5 Å². The number of hydrogen-bond donors (Lipinski definition) is 1. The number of esters is 1. The largest absolute Gasteiger partial charge is 0.452 e. The van der Waals surface area contributed by atoms with Gasteiger partial charge in [-0.3, -0.25) is 14.9 Å². The Morgan fingerprint density at radius 3 is 2.71 bits per heavy atom. The van der Waals surface area contributed by atoms with Crippen molar-refractivity contribution in [2.75, 3.05) is 11.9 Å². The molecule has 0 saturated heterocycles. The fourth-order valence-corrected chi connectivity index (χ4v) is 2.86. The van der Waals surface area contributed by atoms with E-state index < -0.39 is 23.4 Å². The van der Waals surface area contributed by atoms with Gasteiger partial charge in [-0.15, -0.1) is 0 Å². The zero-order valence-corrected chi connectivity index (χ0v) is 15.4. The van der Waals surface area contributed by atoms with Gasteiger partial charge in [-0.2, -0.15) is 0 Å². The van der Waals surface area contributed by atoms with E-state index in [4.69, 9.17) is 16.3 Å². The van der Waals surface area contributed by atoms with Gasteiger partial charge in [0.1, 0.15) is 10.8 Å². The number of rotatable bonds is 5. The molecule has 0 atom stereocenters. The first-order chi connectivity index (χ1) is 13.4. The molecule has 0 saturated carbocycles. The van der Waals surface area contributed by atoms with Crippen LogP contribution in [0.4, 0.5) is 11.4 Å². The van der Waals surface area contributed by atoms with Gasteiger partial charge in [-0.25, -0.2) is 9.78 Å². The van der Waals surface area contributed by atoms with Crippen LogP contribution >= 0.6 is 11.6 Å². The number of nitrogens with zero attached hydrogens (tertiary/aromatic N) is 2. The van der Waals surface area contributed by atoms with Crippen molar-refractivity contribution in [2.24, 2.45) is 0 Å². The van der Waals surface area contributed by atoms with E-state index in [1.807, 2.05) is 0 Å². The molecule has 0 unspecified atom stereocenters. The third-order valence-corrected chi connectivity index (χ3v) is 4.14. The summed E-state index contributed by atoms with van der Waals surface area (Å²) in [6.45, 7) is 1.01. The van der Waals surface area contributed by atoms with Crippen molar-refractivity contribution in [2.45, 2.75) is 6.92 Å². The molecule has 142 valence electrons. The Morgan fingerprint density at radius 2 is 1.96 bits per heavy atom. The van der Waals surface area contributed by atoms with Crippen molar-refractivity contribution >= 4 is 45.8 Å². The van der Waals surface area contributed by atoms with Gasteiger partial charge in [0, 0.05) is 11.5 Å². The number of amides is 1. The second-order valence-electron chi connectivity index (χ2n) is 5.86. The van der Waals surface area contributed by atoms with E-state index in [0.29, 0.717) is 16.5 Å². The molecular weight excluding hydrogens is 386 g/mol. The molecule has 8 nitrogen and oxygen atoms in total. The second kappa shape index (κ2) is 8.01. The minimum absolute atomic E-state index is 0.0611. The number of nitrogens with one attached hydrogen (secondary N) is 1. The molecule has 0 aliphatic rings. The summed E-state index contributed by atoms with van der Waals surface area (Å²) in [5.74, 6) is -1.45. The third kappa shape index (κ3) is 4.07. The fraction of sp³-hybridized carbons (Fsp3) is 0.105. The van der Waals surface area contributed by atoms with Gasteiger partial charge in [0.05, 0.1) is 16.0 Å². The van der Waals surface area contributed by atoms with Gasteiger partial charge in [0.15, 0.2) is 6.61 Å². The lowest BCUT2D eigenvalue weighted by molar-refractivity contribution is -0.384. The van der Waals surface area contributed by atoms with Crippen LogP contribution in [-0.4, -0.2) is 28.4 Å². The fourth-order valence-electron chi connectivity index (χ4n) is 2.66. The van der Waals surface area contributed by atoms with Crippen LogP contribution in [0, 0.1) is 17.0 Å². The molecule has 0 aliphatic heterocycles. The molecule has 0 spiro atoms. The maximum atomic E-state index is 12.4. The van der Waals surface area contributed by atoms with E-state index >= 15 is 0 Å². The number of carbonyl (C=O) groups is 2. The molecule has 9 heteroatoms. The lowest BCUT2D eigenvalue weighted by atomic mass is 10.1. The molecule has 0 aliphatic carbocycles. The topological polar surface area (TPSA) is 111 Å². The number of aromatic nitrogens is 1. The van der Waals surface area contributed by atoms with Crippen molar-refractivity contribution in [3.63, 3.8) is 0 Å². The first-order valence-electron chi connectivity index (χ1n) is 8.13. The summed E-state index contributed by atoms with van der Waals surface area (Å²) in [7, 11) is 0. The molecular formula is C19H14ClN3O5. The number of aryl methyl sites for hydroxylation is 1. The summed E-state index contributed by atoms with van der Waals surface area (Å²) in [5.41, 5.74) is 1.02. The van der Waals surface area contributed by atoms with E-state index in [-0.39, 0.29) is 22.1 Å². The molecule has 0 radical (unpaired) electrons. The van der Waals surface area contributed by atoms with Crippen LogP contribution < -0.4 is 5.32 Å². The number of benzene rings is 2. The summed E-state index contributed by atoms with van der Waals surface area (Å²) in [5, 5.41) is 14.2. The predicted molar refractivity (Wildman–Crippen MR) is 103 cm³/mol. The average molecular weight is 400 g/mol. The summed E-state index contributed by atoms with van der Waals surface area (Å²) in [6.07, 6.45) is 0. The van der Waals surface area contributed by atoms with Gasteiger partial charge < -0.3 is 10.1 Å². The van der Waals surface area contributed by atoms with E-state index in [0.717, 1.165) is 0 Å². The van der Waals surface area contributed by atoms with Crippen LogP contribution in [-0.2, 0) is 9.53 Å². The Morgan fingerprint density at radius 1 is 1.21 bits per heavy atom. The van der Waals surface area contributed by atoms with Crippen LogP contribution in [0.25, 0.3) is 10.9 Å². The maximum absolute atomic E-state index is 12.4. The number of para-hydroxylation sites is 2. The molecule has 0 bridgehead atoms. The summed E-state index contributed by atoms with van der Waals surface area (Å²) < 4.78 is 5.06. The van der Waals surface area contributed by atoms with Gasteiger partial charge >= 0.3 is 5.97 Å². The molecule has 2 aromatic carbocycles. The van der Waals surface area contributed by atoms with Crippen LogP contribution in [0.2, 0.25) is 5.15 Å². The molecule has 1 amide bonds. The zero-order chi connectivity index (χ0) is 20.3. The number of carbonyl (C=O) groups excluding carboxylic acids is 2. The highest BCUT2D eigenvalue weighted by atomic mass is 35.5. The molecule has 3 rings (SSSR count). The smallest absolute Gasteiger partial charge is 0.339 e. The van der Waals surface area contributed by atoms with E-state index in [2.05, 4.69) is 10.3 Å². The lowest BCUT2D eigenvalue weighted by Crippen LogP contribution is -2.22. The van der Waals surface area contributed by atoms with Crippen molar-refractivity contribution in [3.05, 3.63) is 74.9 Å². The molecule has 0 fully saturated rings. The Balaban J connectivity index is 1.74. The van der Waals surface area contributed by atoms with Crippen molar-refractivity contribution in [1.82, 2.24) is 4.98 Å². The second-order valence-corrected chi connectivity index (χ2v) is 6.25. The van der Waals surface area contributed by atoms with E-state index in [1.165, 1.54) is 18.2 Å². The zero-order valence-electron chi connectivity index (χ0n) is 14.6. The number of nitro benzene ring substituents is 1. The van der Waals surface area contributed by atoms with E-state index in [1.54, 1.807) is 37.3 Å². The predicted octanol–water partition coefficient (Wildman–Crippen LogP) is 3.90. The molecule has 1 N–H and O–H groups in total. The quantitative estimate of drug-likeness (QED) is 0.301. The van der Waals surface area contributed by atoms with Gasteiger partial charge in [0.2, 0.25) is 0 Å². The highest BCUT2D eigenvalue weighted by Crippen LogP contribution is 2.27. The van der Waals surface area contributed by atoms with Gasteiger partial charge in [-0.05, 0) is 24.6 Å².